The van der Waals surface area contributed by atoms with Gasteiger partial charge in [0.05, 0.1) is 6.57 Å². The highest BCUT2D eigenvalue weighted by molar-refractivity contribution is 5.94. The average molecular weight is 153 g/mol. The van der Waals surface area contributed by atoms with Gasteiger partial charge in [-0.05, 0) is 10.8 Å². The Balaban J connectivity index is 2.91. The zero-order valence-electron chi connectivity index (χ0n) is 6.49. The van der Waals surface area contributed by atoms with Crippen LogP contribution in [-0.4, -0.2) is 0 Å². The number of benzene rings is 2. The molecule has 0 N–H and O–H groups in total. The summed E-state index contributed by atoms with van der Waals surface area (Å²) in [5.74, 6) is 0. The number of rotatable bonds is 0. The van der Waals surface area contributed by atoms with Gasteiger partial charge in [-0.25, -0.2) is 4.85 Å². The third-order valence-corrected chi connectivity index (χ3v) is 1.89. The maximum atomic E-state index is 6.95. The van der Waals surface area contributed by atoms with Crippen LogP contribution >= 0.6 is 0 Å². The molecule has 0 aliphatic rings. The predicted molar refractivity (Wildman–Crippen MR) is 50.2 cm³/mol. The van der Waals surface area contributed by atoms with Gasteiger partial charge < -0.3 is 0 Å². The van der Waals surface area contributed by atoms with Crippen molar-refractivity contribution in [2.24, 2.45) is 0 Å². The van der Waals surface area contributed by atoms with Crippen molar-refractivity contribution >= 4 is 16.5 Å². The first kappa shape index (κ1) is 6.87. The van der Waals surface area contributed by atoms with Gasteiger partial charge in [0.2, 0.25) is 0 Å². The molecule has 0 saturated carbocycles. The maximum Gasteiger partial charge on any atom is 0.194 e. The fraction of sp³-hybridized carbons (Fsp3) is 0. The average Bonchev–Trinajstić information content (AvgIpc) is 2.17. The van der Waals surface area contributed by atoms with Gasteiger partial charge in [-0.15, -0.1) is 0 Å². The van der Waals surface area contributed by atoms with E-state index in [0.717, 1.165) is 16.5 Å². The van der Waals surface area contributed by atoms with Crippen molar-refractivity contribution in [3.8, 4) is 0 Å². The maximum absolute atomic E-state index is 6.95. The van der Waals surface area contributed by atoms with Gasteiger partial charge in [-0.3, -0.25) is 0 Å². The van der Waals surface area contributed by atoms with E-state index in [4.69, 9.17) is 6.57 Å². The Bertz CT molecular complexity index is 447. The molecule has 0 bridgehead atoms. The lowest BCUT2D eigenvalue weighted by atomic mass is 10.1. The molecular formula is C11H7N. The van der Waals surface area contributed by atoms with Crippen LogP contribution in [0.25, 0.3) is 15.6 Å². The van der Waals surface area contributed by atoms with Crippen molar-refractivity contribution < 1.29 is 0 Å². The van der Waals surface area contributed by atoms with Crippen molar-refractivity contribution in [3.63, 3.8) is 0 Å². The van der Waals surface area contributed by atoms with Crippen LogP contribution in [0.3, 0.4) is 0 Å². The van der Waals surface area contributed by atoms with Crippen LogP contribution in [0.2, 0.25) is 0 Å². The first-order valence-electron chi connectivity index (χ1n) is 3.77. The molecule has 56 valence electrons. The molecule has 0 aromatic heterocycles. The van der Waals surface area contributed by atoms with Gasteiger partial charge in [0, 0.05) is 0 Å². The Morgan fingerprint density at radius 3 is 2.50 bits per heavy atom. The summed E-state index contributed by atoms with van der Waals surface area (Å²) in [5.41, 5.74) is 0.730. The fourth-order valence-electron chi connectivity index (χ4n) is 1.31. The summed E-state index contributed by atoms with van der Waals surface area (Å²) in [6.45, 7) is 6.95. The molecule has 1 nitrogen and oxygen atoms in total. The van der Waals surface area contributed by atoms with Gasteiger partial charge in [0.25, 0.3) is 0 Å². The van der Waals surface area contributed by atoms with E-state index in [0.29, 0.717) is 0 Å². The normalized spacial score (nSPS) is 9.58. The summed E-state index contributed by atoms with van der Waals surface area (Å²) >= 11 is 0. The van der Waals surface area contributed by atoms with Crippen LogP contribution in [-0.2, 0) is 0 Å². The Hall–Kier alpha value is -1.81. The molecule has 0 fully saturated rings. The van der Waals surface area contributed by atoms with Gasteiger partial charge in [0.1, 0.15) is 0 Å². The van der Waals surface area contributed by atoms with Crippen molar-refractivity contribution in [2.75, 3.05) is 0 Å². The zero-order valence-corrected chi connectivity index (χ0v) is 6.49. The second-order valence-corrected chi connectivity index (χ2v) is 2.61. The number of hydrogen-bond donors (Lipinski definition) is 0. The van der Waals surface area contributed by atoms with Crippen molar-refractivity contribution in [3.05, 3.63) is 53.9 Å². The van der Waals surface area contributed by atoms with Crippen molar-refractivity contribution in [1.82, 2.24) is 0 Å². The summed E-state index contributed by atoms with van der Waals surface area (Å²) in [4.78, 5) is 3.45. The Labute approximate surface area is 71.1 Å². The van der Waals surface area contributed by atoms with Crippen LogP contribution in [0.1, 0.15) is 0 Å². The van der Waals surface area contributed by atoms with Gasteiger partial charge in [-0.1, -0.05) is 42.5 Å². The largest absolute Gasteiger partial charge is 0.238 e. The van der Waals surface area contributed by atoms with Gasteiger partial charge in [0.15, 0.2) is 5.69 Å². The number of nitrogens with zero attached hydrogens (tertiary/aromatic N) is 1. The Kier molecular flexibility index (Phi) is 1.53. The summed E-state index contributed by atoms with van der Waals surface area (Å²) in [6, 6.07) is 13.7. The van der Waals surface area contributed by atoms with Crippen molar-refractivity contribution in [2.45, 2.75) is 0 Å². The molecule has 0 spiro atoms. The van der Waals surface area contributed by atoms with E-state index in [-0.39, 0.29) is 0 Å². The van der Waals surface area contributed by atoms with Crippen LogP contribution in [0.5, 0.6) is 0 Å². The summed E-state index contributed by atoms with van der Waals surface area (Å²) in [7, 11) is 0. The lowest BCUT2D eigenvalue weighted by Gasteiger charge is -1.97. The molecule has 0 heterocycles. The lowest BCUT2D eigenvalue weighted by Crippen LogP contribution is -1.69. The van der Waals surface area contributed by atoms with Crippen molar-refractivity contribution in [1.29, 1.82) is 0 Å². The van der Waals surface area contributed by atoms with E-state index < -0.39 is 0 Å². The highest BCUT2D eigenvalue weighted by Crippen LogP contribution is 2.24. The summed E-state index contributed by atoms with van der Waals surface area (Å²) in [5, 5.41) is 2.17. The molecule has 12 heavy (non-hydrogen) atoms. The van der Waals surface area contributed by atoms with E-state index >= 15 is 0 Å². The van der Waals surface area contributed by atoms with Crippen LogP contribution in [0.15, 0.2) is 42.5 Å². The van der Waals surface area contributed by atoms with E-state index in [9.17, 15) is 0 Å². The number of fused-ring (bicyclic) bond motifs is 1. The first-order valence-corrected chi connectivity index (χ1v) is 3.77. The predicted octanol–water partition coefficient (Wildman–Crippen LogP) is 3.39. The topological polar surface area (TPSA) is 4.36 Å². The van der Waals surface area contributed by atoms with E-state index in [1.807, 2.05) is 42.5 Å². The molecule has 2 rings (SSSR count). The van der Waals surface area contributed by atoms with E-state index in [1.54, 1.807) is 0 Å². The van der Waals surface area contributed by atoms with E-state index in [1.165, 1.54) is 0 Å². The molecule has 0 amide bonds. The standard InChI is InChI=1S/C11H7N/c1-12-11-8-4-6-9-5-2-3-7-10(9)11/h2-8H. The second kappa shape index (κ2) is 2.67. The molecule has 0 saturated heterocycles. The minimum Gasteiger partial charge on any atom is -0.238 e. The highest BCUT2D eigenvalue weighted by atomic mass is 14.6. The molecule has 0 radical (unpaired) electrons. The minimum atomic E-state index is 0.730. The smallest absolute Gasteiger partial charge is 0.194 e. The number of hydrogen-bond acceptors (Lipinski definition) is 0. The Morgan fingerprint density at radius 2 is 1.67 bits per heavy atom. The summed E-state index contributed by atoms with van der Waals surface area (Å²) in [6.07, 6.45) is 0. The summed E-state index contributed by atoms with van der Waals surface area (Å²) < 4.78 is 0. The molecule has 0 aliphatic heterocycles. The van der Waals surface area contributed by atoms with Crippen LogP contribution < -0.4 is 0 Å². The van der Waals surface area contributed by atoms with Gasteiger partial charge >= 0.3 is 0 Å². The molecule has 0 atom stereocenters. The van der Waals surface area contributed by atoms with Crippen LogP contribution in [0.4, 0.5) is 5.69 Å². The first-order chi connectivity index (χ1) is 5.92. The molecule has 1 heteroatoms. The fourth-order valence-corrected chi connectivity index (χ4v) is 1.31. The third kappa shape index (κ3) is 0.943. The molecule has 0 unspecified atom stereocenters. The van der Waals surface area contributed by atoms with E-state index in [2.05, 4.69) is 4.85 Å². The second-order valence-electron chi connectivity index (χ2n) is 2.61. The molecule has 2 aromatic rings. The zero-order chi connectivity index (χ0) is 8.39. The van der Waals surface area contributed by atoms with Crippen LogP contribution in [0, 0.1) is 6.57 Å². The Morgan fingerprint density at radius 1 is 0.917 bits per heavy atom. The van der Waals surface area contributed by atoms with Gasteiger partial charge in [-0.2, -0.15) is 0 Å². The third-order valence-electron chi connectivity index (χ3n) is 1.89. The molecule has 0 aliphatic carbocycles. The highest BCUT2D eigenvalue weighted by Gasteiger charge is 1.96. The SMILES string of the molecule is [C-]#[N+]c1cccc2ccccc12. The monoisotopic (exact) mass is 153 g/mol. The quantitative estimate of drug-likeness (QED) is 0.511. The minimum absolute atomic E-state index is 0.730. The molecule has 2 aromatic carbocycles. The molecular weight excluding hydrogens is 146 g/mol. The lowest BCUT2D eigenvalue weighted by molar-refractivity contribution is 1.75.